The van der Waals surface area contributed by atoms with Crippen molar-refractivity contribution in [2.45, 2.75) is 27.2 Å². The predicted octanol–water partition coefficient (Wildman–Crippen LogP) is 2.66. The number of carbonyl (C=O) groups excluding carboxylic acids is 1. The van der Waals surface area contributed by atoms with Crippen molar-refractivity contribution in [3.05, 3.63) is 28.2 Å². The van der Waals surface area contributed by atoms with Crippen LogP contribution in [0.25, 0.3) is 0 Å². The Morgan fingerprint density at radius 2 is 1.90 bits per heavy atom. The van der Waals surface area contributed by atoms with Gasteiger partial charge in [-0.25, -0.2) is 0 Å². The number of benzene rings is 1. The number of anilines is 1. The van der Waals surface area contributed by atoms with E-state index in [4.69, 9.17) is 0 Å². The van der Waals surface area contributed by atoms with Gasteiger partial charge in [0.15, 0.2) is 5.96 Å². The second-order valence-corrected chi connectivity index (χ2v) is 5.46. The van der Waals surface area contributed by atoms with E-state index in [-0.39, 0.29) is 5.91 Å². The van der Waals surface area contributed by atoms with Gasteiger partial charge in [-0.05, 0) is 38.5 Å². The number of hydrogen-bond acceptors (Lipinski definition) is 2. The number of hydrogen-bond donors (Lipinski definition) is 3. The van der Waals surface area contributed by atoms with E-state index in [0.29, 0.717) is 13.0 Å². The van der Waals surface area contributed by atoms with Crippen LogP contribution in [0, 0.1) is 6.92 Å². The summed E-state index contributed by atoms with van der Waals surface area (Å²) >= 11 is 3.40. The van der Waals surface area contributed by atoms with Crippen molar-refractivity contribution in [3.8, 4) is 0 Å². The SMILES string of the molecule is CCNC(=NCCC(=O)Nc1cc(Br)ccc1C)NCC. The van der Waals surface area contributed by atoms with E-state index in [1.54, 1.807) is 0 Å². The molecule has 0 aliphatic carbocycles. The molecule has 1 rings (SSSR count). The zero-order chi connectivity index (χ0) is 15.7. The van der Waals surface area contributed by atoms with Crippen molar-refractivity contribution in [1.29, 1.82) is 0 Å². The fraction of sp³-hybridized carbons (Fsp3) is 0.467. The molecule has 3 N–H and O–H groups in total. The van der Waals surface area contributed by atoms with E-state index in [9.17, 15) is 4.79 Å². The summed E-state index contributed by atoms with van der Waals surface area (Å²) in [6.45, 7) is 8.04. The highest BCUT2D eigenvalue weighted by Gasteiger charge is 2.05. The second kappa shape index (κ2) is 9.39. The fourth-order valence-corrected chi connectivity index (χ4v) is 2.08. The summed E-state index contributed by atoms with van der Waals surface area (Å²) in [5.41, 5.74) is 1.87. The Bertz CT molecular complexity index is 494. The Balaban J connectivity index is 2.50. The van der Waals surface area contributed by atoms with E-state index >= 15 is 0 Å². The quantitative estimate of drug-likeness (QED) is 0.543. The number of halogens is 1. The van der Waals surface area contributed by atoms with Gasteiger partial charge in [-0.2, -0.15) is 0 Å². The molecular weight excluding hydrogens is 332 g/mol. The van der Waals surface area contributed by atoms with Gasteiger partial charge in [-0.3, -0.25) is 9.79 Å². The molecule has 21 heavy (non-hydrogen) atoms. The summed E-state index contributed by atoms with van der Waals surface area (Å²) < 4.78 is 0.947. The van der Waals surface area contributed by atoms with Crippen LogP contribution < -0.4 is 16.0 Å². The molecule has 0 radical (unpaired) electrons. The molecule has 0 aliphatic heterocycles. The molecule has 0 saturated carbocycles. The van der Waals surface area contributed by atoms with Crippen LogP contribution in [-0.2, 0) is 4.79 Å². The Kier molecular flexibility index (Phi) is 7.82. The molecule has 0 saturated heterocycles. The highest BCUT2D eigenvalue weighted by molar-refractivity contribution is 9.10. The Labute approximate surface area is 134 Å². The van der Waals surface area contributed by atoms with E-state index < -0.39 is 0 Å². The molecule has 1 amide bonds. The van der Waals surface area contributed by atoms with Gasteiger partial charge < -0.3 is 16.0 Å². The number of carbonyl (C=O) groups is 1. The van der Waals surface area contributed by atoms with Crippen LogP contribution in [0.15, 0.2) is 27.7 Å². The number of aliphatic imine (C=N–C) groups is 1. The maximum atomic E-state index is 11.9. The predicted molar refractivity (Wildman–Crippen MR) is 91.8 cm³/mol. The molecule has 0 aliphatic rings. The second-order valence-electron chi connectivity index (χ2n) is 4.55. The minimum Gasteiger partial charge on any atom is -0.357 e. The first-order valence-electron chi connectivity index (χ1n) is 7.15. The van der Waals surface area contributed by atoms with Crippen LogP contribution in [0.3, 0.4) is 0 Å². The largest absolute Gasteiger partial charge is 0.357 e. The zero-order valence-corrected chi connectivity index (χ0v) is 14.4. The molecule has 1 aromatic rings. The smallest absolute Gasteiger partial charge is 0.226 e. The minimum atomic E-state index is -0.0349. The lowest BCUT2D eigenvalue weighted by Gasteiger charge is -2.10. The molecule has 0 bridgehead atoms. The van der Waals surface area contributed by atoms with E-state index in [2.05, 4.69) is 36.9 Å². The van der Waals surface area contributed by atoms with Gasteiger partial charge in [0.25, 0.3) is 0 Å². The lowest BCUT2D eigenvalue weighted by molar-refractivity contribution is -0.116. The third kappa shape index (κ3) is 6.62. The highest BCUT2D eigenvalue weighted by atomic mass is 79.9. The monoisotopic (exact) mass is 354 g/mol. The molecule has 0 atom stereocenters. The van der Waals surface area contributed by atoms with E-state index in [1.165, 1.54) is 0 Å². The first kappa shape index (κ1) is 17.5. The van der Waals surface area contributed by atoms with Crippen LogP contribution in [-0.4, -0.2) is 31.5 Å². The van der Waals surface area contributed by atoms with Crippen molar-refractivity contribution in [2.75, 3.05) is 25.0 Å². The van der Waals surface area contributed by atoms with Crippen molar-refractivity contribution < 1.29 is 4.79 Å². The molecular formula is C15H23BrN4O. The van der Waals surface area contributed by atoms with Crippen LogP contribution in [0.4, 0.5) is 5.69 Å². The summed E-state index contributed by atoms with van der Waals surface area (Å²) in [5.74, 6) is 0.707. The molecule has 5 nitrogen and oxygen atoms in total. The van der Waals surface area contributed by atoms with Crippen LogP contribution in [0.5, 0.6) is 0 Å². The summed E-state index contributed by atoms with van der Waals surface area (Å²) in [4.78, 5) is 16.3. The molecule has 6 heteroatoms. The molecule has 0 aromatic heterocycles. The molecule has 116 valence electrons. The summed E-state index contributed by atoms with van der Waals surface area (Å²) in [6.07, 6.45) is 0.353. The lowest BCUT2D eigenvalue weighted by atomic mass is 10.2. The average molecular weight is 355 g/mol. The van der Waals surface area contributed by atoms with Crippen molar-refractivity contribution in [2.24, 2.45) is 4.99 Å². The number of amides is 1. The Morgan fingerprint density at radius 3 is 2.52 bits per heavy atom. The number of nitrogens with one attached hydrogen (secondary N) is 3. The first-order chi connectivity index (χ1) is 10.1. The van der Waals surface area contributed by atoms with Crippen LogP contribution in [0.1, 0.15) is 25.8 Å². The van der Waals surface area contributed by atoms with Crippen molar-refractivity contribution in [3.63, 3.8) is 0 Å². The van der Waals surface area contributed by atoms with Crippen LogP contribution in [0.2, 0.25) is 0 Å². The van der Waals surface area contributed by atoms with Crippen molar-refractivity contribution in [1.82, 2.24) is 10.6 Å². The number of guanidine groups is 1. The van der Waals surface area contributed by atoms with Crippen LogP contribution >= 0.6 is 15.9 Å². The van der Waals surface area contributed by atoms with Gasteiger partial charge in [0, 0.05) is 29.7 Å². The number of aryl methyl sites for hydroxylation is 1. The third-order valence-corrected chi connectivity index (χ3v) is 3.26. The average Bonchev–Trinajstić information content (AvgIpc) is 2.43. The van der Waals surface area contributed by atoms with Gasteiger partial charge in [0.1, 0.15) is 0 Å². The van der Waals surface area contributed by atoms with Gasteiger partial charge in [0.05, 0.1) is 6.54 Å². The van der Waals surface area contributed by atoms with Gasteiger partial charge in [-0.1, -0.05) is 22.0 Å². The topological polar surface area (TPSA) is 65.5 Å². The highest BCUT2D eigenvalue weighted by Crippen LogP contribution is 2.20. The Hall–Kier alpha value is -1.56. The lowest BCUT2D eigenvalue weighted by Crippen LogP contribution is -2.37. The van der Waals surface area contributed by atoms with E-state index in [0.717, 1.165) is 34.8 Å². The normalized spacial score (nSPS) is 9.90. The summed E-state index contributed by atoms with van der Waals surface area (Å²) in [5, 5.41) is 9.16. The molecule has 0 fully saturated rings. The van der Waals surface area contributed by atoms with Gasteiger partial charge >= 0.3 is 0 Å². The Morgan fingerprint density at radius 1 is 1.24 bits per heavy atom. The molecule has 0 unspecified atom stereocenters. The number of nitrogens with zero attached hydrogens (tertiary/aromatic N) is 1. The maximum Gasteiger partial charge on any atom is 0.226 e. The van der Waals surface area contributed by atoms with Gasteiger partial charge in [-0.15, -0.1) is 0 Å². The standard InChI is InChI=1S/C15H23BrN4O/c1-4-17-15(18-5-2)19-9-8-14(21)20-13-10-12(16)7-6-11(13)3/h6-7,10H,4-5,8-9H2,1-3H3,(H,20,21)(H2,17,18,19). The van der Waals surface area contributed by atoms with E-state index in [1.807, 2.05) is 39.0 Å². The molecule has 1 aromatic carbocycles. The van der Waals surface area contributed by atoms with Crippen molar-refractivity contribution >= 4 is 33.5 Å². The molecule has 0 heterocycles. The molecule has 0 spiro atoms. The van der Waals surface area contributed by atoms with Gasteiger partial charge in [0.2, 0.25) is 5.91 Å². The first-order valence-corrected chi connectivity index (χ1v) is 7.94. The zero-order valence-electron chi connectivity index (χ0n) is 12.8. The summed E-state index contributed by atoms with van der Waals surface area (Å²) in [7, 11) is 0. The maximum absolute atomic E-state index is 11.9. The third-order valence-electron chi connectivity index (χ3n) is 2.77. The minimum absolute atomic E-state index is 0.0349. The fourth-order valence-electron chi connectivity index (χ4n) is 1.72. The summed E-state index contributed by atoms with van der Waals surface area (Å²) in [6, 6.07) is 5.82. The number of rotatable bonds is 6.